The number of benzene rings is 2. The van der Waals surface area contributed by atoms with Gasteiger partial charge in [-0.3, -0.25) is 4.79 Å². The molecular weight excluding hydrogens is 380 g/mol. The fraction of sp³-hybridized carbons (Fsp3) is 0.250. The van der Waals surface area contributed by atoms with Crippen LogP contribution in [0.2, 0.25) is 0 Å². The predicted molar refractivity (Wildman–Crippen MR) is 111 cm³/mol. The van der Waals surface area contributed by atoms with Gasteiger partial charge in [0.05, 0.1) is 0 Å². The second-order valence-electron chi connectivity index (χ2n) is 7.55. The molecule has 2 heterocycles. The molecule has 6 nitrogen and oxygen atoms in total. The van der Waals surface area contributed by atoms with Crippen LogP contribution in [0.1, 0.15) is 52.7 Å². The van der Waals surface area contributed by atoms with Crippen LogP contribution >= 0.6 is 0 Å². The number of hydrogen-bond donors (Lipinski definition) is 1. The Kier molecular flexibility index (Phi) is 4.75. The van der Waals surface area contributed by atoms with Crippen molar-refractivity contribution < 1.29 is 18.4 Å². The normalized spacial score (nSPS) is 13.9. The molecule has 2 aromatic carbocycles. The van der Waals surface area contributed by atoms with Crippen LogP contribution in [0.15, 0.2) is 63.4 Å². The zero-order chi connectivity index (χ0) is 20.5. The lowest BCUT2D eigenvalue weighted by Gasteiger charge is -2.09. The summed E-state index contributed by atoms with van der Waals surface area (Å²) in [5.41, 5.74) is 4.22. The number of aromatic nitrogens is 1. The highest BCUT2D eigenvalue weighted by Crippen LogP contribution is 2.26. The van der Waals surface area contributed by atoms with Crippen LogP contribution in [0.4, 0.5) is 0 Å². The maximum absolute atomic E-state index is 12.5. The number of rotatable bonds is 6. The van der Waals surface area contributed by atoms with E-state index in [1.165, 1.54) is 17.5 Å². The van der Waals surface area contributed by atoms with Crippen molar-refractivity contribution in [2.75, 3.05) is 0 Å². The van der Waals surface area contributed by atoms with E-state index in [0.717, 1.165) is 24.1 Å². The van der Waals surface area contributed by atoms with Crippen molar-refractivity contribution in [1.29, 1.82) is 0 Å². The molecule has 0 fully saturated rings. The molecule has 1 amide bonds. The van der Waals surface area contributed by atoms with E-state index >= 15 is 0 Å². The quantitative estimate of drug-likeness (QED) is 0.492. The Labute approximate surface area is 173 Å². The van der Waals surface area contributed by atoms with E-state index in [1.807, 2.05) is 37.3 Å². The maximum Gasteiger partial charge on any atom is 0.287 e. The third-order valence-electron chi connectivity index (χ3n) is 5.36. The van der Waals surface area contributed by atoms with Gasteiger partial charge < -0.3 is 18.9 Å². The molecule has 1 unspecified atom stereocenters. The van der Waals surface area contributed by atoms with Crippen molar-refractivity contribution >= 4 is 17.0 Å². The van der Waals surface area contributed by atoms with E-state index in [1.54, 1.807) is 12.1 Å². The second-order valence-corrected chi connectivity index (χ2v) is 7.55. The minimum atomic E-state index is -0.388. The number of amides is 1. The highest BCUT2D eigenvalue weighted by atomic mass is 16.5. The monoisotopic (exact) mass is 402 g/mol. The van der Waals surface area contributed by atoms with Crippen LogP contribution in [-0.2, 0) is 19.4 Å². The average molecular weight is 402 g/mol. The number of oxazole rings is 1. The van der Waals surface area contributed by atoms with Crippen molar-refractivity contribution in [3.8, 4) is 5.75 Å². The fourth-order valence-corrected chi connectivity index (χ4v) is 3.77. The molecule has 5 rings (SSSR count). The topological polar surface area (TPSA) is 77.5 Å². The molecule has 6 heteroatoms. The summed E-state index contributed by atoms with van der Waals surface area (Å²) in [6.07, 6.45) is 3.46. The van der Waals surface area contributed by atoms with Gasteiger partial charge in [0.25, 0.3) is 5.91 Å². The first kappa shape index (κ1) is 18.5. The Balaban J connectivity index is 1.20. The summed E-state index contributed by atoms with van der Waals surface area (Å²) >= 11 is 0. The standard InChI is InChI=1S/C24H22N2O4/c1-15(24-26-20-7-2-3-8-21(20)30-24)25-23(27)22-12-11-19(29-22)14-28-18-10-9-16-5-4-6-17(16)13-18/h2-3,7-13,15H,4-6,14H2,1H3,(H,25,27). The molecule has 1 N–H and O–H groups in total. The van der Waals surface area contributed by atoms with Gasteiger partial charge in [-0.25, -0.2) is 4.98 Å². The van der Waals surface area contributed by atoms with Crippen LogP contribution in [0.5, 0.6) is 5.75 Å². The molecule has 0 radical (unpaired) electrons. The number of nitrogens with one attached hydrogen (secondary N) is 1. The Bertz CT molecular complexity index is 1170. The minimum absolute atomic E-state index is 0.227. The third-order valence-corrected chi connectivity index (χ3v) is 5.36. The zero-order valence-electron chi connectivity index (χ0n) is 16.7. The molecule has 1 aliphatic carbocycles. The minimum Gasteiger partial charge on any atom is -0.486 e. The highest BCUT2D eigenvalue weighted by Gasteiger charge is 2.19. The summed E-state index contributed by atoms with van der Waals surface area (Å²) in [7, 11) is 0. The van der Waals surface area contributed by atoms with Crippen LogP contribution in [0.25, 0.3) is 11.1 Å². The zero-order valence-corrected chi connectivity index (χ0v) is 16.7. The summed E-state index contributed by atoms with van der Waals surface area (Å²) in [5.74, 6) is 1.77. The summed E-state index contributed by atoms with van der Waals surface area (Å²) in [5, 5.41) is 2.86. The van der Waals surface area contributed by atoms with Crippen LogP contribution < -0.4 is 10.1 Å². The van der Waals surface area contributed by atoms with E-state index < -0.39 is 0 Å². The molecule has 30 heavy (non-hydrogen) atoms. The lowest BCUT2D eigenvalue weighted by molar-refractivity contribution is 0.0902. The molecule has 1 atom stereocenters. The van der Waals surface area contributed by atoms with Gasteiger partial charge >= 0.3 is 0 Å². The smallest absolute Gasteiger partial charge is 0.287 e. The third kappa shape index (κ3) is 3.68. The SMILES string of the molecule is CC(NC(=O)c1ccc(COc2ccc3c(c2)CCC3)o1)c1nc2ccccc2o1. The molecule has 1 aliphatic rings. The predicted octanol–water partition coefficient (Wildman–Crippen LogP) is 4.98. The first-order chi connectivity index (χ1) is 14.7. The first-order valence-electron chi connectivity index (χ1n) is 10.2. The number of ether oxygens (including phenoxy) is 1. The first-order valence-corrected chi connectivity index (χ1v) is 10.2. The number of nitrogens with zero attached hydrogens (tertiary/aromatic N) is 1. The molecule has 152 valence electrons. The van der Waals surface area contributed by atoms with E-state index in [4.69, 9.17) is 13.6 Å². The van der Waals surface area contributed by atoms with Crippen LogP contribution in [-0.4, -0.2) is 10.9 Å². The number of para-hydroxylation sites is 2. The molecular formula is C24H22N2O4. The lowest BCUT2D eigenvalue weighted by atomic mass is 10.1. The fourth-order valence-electron chi connectivity index (χ4n) is 3.77. The Morgan fingerprint density at radius 2 is 1.97 bits per heavy atom. The largest absolute Gasteiger partial charge is 0.486 e. The van der Waals surface area contributed by atoms with Gasteiger partial charge in [0.2, 0.25) is 5.89 Å². The van der Waals surface area contributed by atoms with Gasteiger partial charge in [-0.05, 0) is 73.7 Å². The molecule has 0 aliphatic heterocycles. The molecule has 0 bridgehead atoms. The van der Waals surface area contributed by atoms with Gasteiger partial charge in [-0.2, -0.15) is 0 Å². The molecule has 0 spiro atoms. The molecule has 0 saturated heterocycles. The number of aryl methyl sites for hydroxylation is 2. The molecule has 4 aromatic rings. The van der Waals surface area contributed by atoms with E-state index in [9.17, 15) is 4.79 Å². The van der Waals surface area contributed by atoms with Crippen molar-refractivity contribution in [3.63, 3.8) is 0 Å². The van der Waals surface area contributed by atoms with E-state index in [2.05, 4.69) is 22.4 Å². The lowest BCUT2D eigenvalue weighted by Crippen LogP contribution is -2.26. The van der Waals surface area contributed by atoms with Crippen molar-refractivity contribution in [3.05, 3.63) is 83.1 Å². The van der Waals surface area contributed by atoms with E-state index in [0.29, 0.717) is 17.2 Å². The number of fused-ring (bicyclic) bond motifs is 2. The van der Waals surface area contributed by atoms with Gasteiger partial charge in [0.15, 0.2) is 11.3 Å². The second kappa shape index (κ2) is 7.71. The van der Waals surface area contributed by atoms with E-state index in [-0.39, 0.29) is 24.3 Å². The summed E-state index contributed by atoms with van der Waals surface area (Å²) < 4.78 is 17.2. The van der Waals surface area contributed by atoms with Gasteiger partial charge in [0, 0.05) is 0 Å². The average Bonchev–Trinajstić information content (AvgIpc) is 3.50. The summed E-state index contributed by atoms with van der Waals surface area (Å²) in [6, 6.07) is 16.7. The van der Waals surface area contributed by atoms with Crippen molar-refractivity contribution in [1.82, 2.24) is 10.3 Å². The van der Waals surface area contributed by atoms with Gasteiger partial charge in [0.1, 0.15) is 29.7 Å². The van der Waals surface area contributed by atoms with Crippen molar-refractivity contribution in [2.24, 2.45) is 0 Å². The summed E-state index contributed by atoms with van der Waals surface area (Å²) in [6.45, 7) is 2.09. The Morgan fingerprint density at radius 3 is 2.87 bits per heavy atom. The number of furan rings is 1. The number of carbonyl (C=O) groups is 1. The maximum atomic E-state index is 12.5. The van der Waals surface area contributed by atoms with Gasteiger partial charge in [-0.15, -0.1) is 0 Å². The molecule has 2 aromatic heterocycles. The van der Waals surface area contributed by atoms with Crippen LogP contribution in [0, 0.1) is 0 Å². The van der Waals surface area contributed by atoms with Gasteiger partial charge in [-0.1, -0.05) is 18.2 Å². The number of hydrogen-bond acceptors (Lipinski definition) is 5. The summed E-state index contributed by atoms with van der Waals surface area (Å²) in [4.78, 5) is 17.0. The molecule has 0 saturated carbocycles. The van der Waals surface area contributed by atoms with Crippen molar-refractivity contribution in [2.45, 2.75) is 38.8 Å². The highest BCUT2D eigenvalue weighted by molar-refractivity contribution is 5.91. The number of carbonyl (C=O) groups excluding carboxylic acids is 1. The Morgan fingerprint density at radius 1 is 1.10 bits per heavy atom. The van der Waals surface area contributed by atoms with Crippen LogP contribution in [0.3, 0.4) is 0 Å². The Hall–Kier alpha value is -3.54.